The van der Waals surface area contributed by atoms with Crippen molar-refractivity contribution in [3.8, 4) is 0 Å². The van der Waals surface area contributed by atoms with Gasteiger partial charge in [-0.3, -0.25) is 9.59 Å². The number of carbonyl (C=O) groups is 2. The zero-order valence-electron chi connectivity index (χ0n) is 15.2. The van der Waals surface area contributed by atoms with Gasteiger partial charge in [-0.2, -0.15) is 0 Å². The zero-order valence-corrected chi connectivity index (χ0v) is 16.7. The van der Waals surface area contributed by atoms with Crippen LogP contribution in [0, 0.1) is 5.82 Å². The monoisotopic (exact) mass is 420 g/mol. The third kappa shape index (κ3) is 2.89. The summed E-state index contributed by atoms with van der Waals surface area (Å²) < 4.78 is 19.2. The summed E-state index contributed by atoms with van der Waals surface area (Å²) in [6.45, 7) is 0.394. The molecule has 1 spiro atoms. The molecule has 0 aliphatic carbocycles. The number of halogens is 2. The Kier molecular flexibility index (Phi) is 5.07. The predicted molar refractivity (Wildman–Crippen MR) is 107 cm³/mol. The summed E-state index contributed by atoms with van der Waals surface area (Å²) in [5.74, 6) is -0.293. The van der Waals surface area contributed by atoms with Gasteiger partial charge in [-0.1, -0.05) is 29.8 Å². The Hall–Kier alpha value is -2.09. The number of methoxy groups -OCH3 is 1. The van der Waals surface area contributed by atoms with Crippen LogP contribution in [-0.4, -0.2) is 42.7 Å². The Balaban J connectivity index is 1.81. The summed E-state index contributed by atoms with van der Waals surface area (Å²) >= 11 is 7.63. The zero-order chi connectivity index (χ0) is 19.9. The van der Waals surface area contributed by atoms with E-state index in [4.69, 9.17) is 16.3 Å². The third-order valence-electron chi connectivity index (χ3n) is 5.01. The minimum absolute atomic E-state index is 0.0781. The van der Waals surface area contributed by atoms with Crippen molar-refractivity contribution in [2.45, 2.75) is 11.4 Å². The fraction of sp³-hybridized carbons (Fsp3) is 0.300. The molecule has 1 fully saturated rings. The van der Waals surface area contributed by atoms with Gasteiger partial charge in [-0.05, 0) is 24.3 Å². The Labute approximate surface area is 171 Å². The van der Waals surface area contributed by atoms with Crippen LogP contribution in [0.1, 0.15) is 11.1 Å². The molecular weight excluding hydrogens is 403 g/mol. The minimum Gasteiger partial charge on any atom is -0.375 e. The fourth-order valence-electron chi connectivity index (χ4n) is 3.80. The van der Waals surface area contributed by atoms with Gasteiger partial charge in [0.1, 0.15) is 12.4 Å². The molecule has 0 N–H and O–H groups in total. The number of benzene rings is 2. The van der Waals surface area contributed by atoms with Crippen LogP contribution in [0.2, 0.25) is 5.02 Å². The number of nitrogens with zero attached hydrogens (tertiary/aromatic N) is 2. The number of hydrogen-bond acceptors (Lipinski definition) is 4. The van der Waals surface area contributed by atoms with Crippen LogP contribution in [0.25, 0.3) is 0 Å². The van der Waals surface area contributed by atoms with Gasteiger partial charge in [-0.15, -0.1) is 11.8 Å². The Morgan fingerprint density at radius 3 is 2.86 bits per heavy atom. The Bertz CT molecular complexity index is 957. The van der Waals surface area contributed by atoms with E-state index in [1.165, 1.54) is 29.8 Å². The number of ether oxygens (including phenoxy) is 1. The van der Waals surface area contributed by atoms with Gasteiger partial charge >= 0.3 is 0 Å². The number of fused-ring (bicyclic) bond motifs is 2. The molecule has 2 aliphatic rings. The molecular formula is C20H18ClFN2O3S. The molecule has 2 amide bonds. The molecule has 28 heavy (non-hydrogen) atoms. The largest absolute Gasteiger partial charge is 0.375 e. The van der Waals surface area contributed by atoms with Crippen molar-refractivity contribution in [1.82, 2.24) is 4.90 Å². The van der Waals surface area contributed by atoms with Gasteiger partial charge in [0.05, 0.1) is 12.2 Å². The molecule has 0 saturated carbocycles. The van der Waals surface area contributed by atoms with Crippen molar-refractivity contribution in [3.05, 3.63) is 64.4 Å². The van der Waals surface area contributed by atoms with Crippen LogP contribution < -0.4 is 4.90 Å². The van der Waals surface area contributed by atoms with Gasteiger partial charge in [0.15, 0.2) is 4.87 Å². The Morgan fingerprint density at radius 2 is 2.11 bits per heavy atom. The maximum Gasteiger partial charge on any atom is 0.268 e. The van der Waals surface area contributed by atoms with Crippen LogP contribution in [-0.2, 0) is 25.7 Å². The highest BCUT2D eigenvalue weighted by molar-refractivity contribution is 8.01. The van der Waals surface area contributed by atoms with E-state index in [9.17, 15) is 14.0 Å². The molecule has 0 radical (unpaired) electrons. The molecule has 1 saturated heterocycles. The average Bonchev–Trinajstić information content (AvgIpc) is 3.21. The summed E-state index contributed by atoms with van der Waals surface area (Å²) in [7, 11) is 1.44. The minimum atomic E-state index is -1.19. The first kappa shape index (κ1) is 19.2. The second-order valence-electron chi connectivity index (χ2n) is 6.62. The first-order valence-corrected chi connectivity index (χ1v) is 10.1. The smallest absolute Gasteiger partial charge is 0.268 e. The lowest BCUT2D eigenvalue weighted by Crippen LogP contribution is -2.51. The van der Waals surface area contributed by atoms with E-state index >= 15 is 0 Å². The van der Waals surface area contributed by atoms with E-state index in [0.717, 1.165) is 0 Å². The predicted octanol–water partition coefficient (Wildman–Crippen LogP) is 3.40. The van der Waals surface area contributed by atoms with Crippen LogP contribution in [0.3, 0.4) is 0 Å². The fourth-order valence-corrected chi connectivity index (χ4v) is 5.44. The molecule has 2 aromatic carbocycles. The lowest BCUT2D eigenvalue weighted by molar-refractivity contribution is -0.143. The molecule has 1 atom stereocenters. The first-order chi connectivity index (χ1) is 13.5. The SMILES string of the molecule is COCC(=O)N1CCS[C@@]12C(=O)N(Cc1ccccc1F)c1ccc(Cl)cc12. The van der Waals surface area contributed by atoms with Crippen molar-refractivity contribution >= 4 is 40.9 Å². The number of amides is 2. The van der Waals surface area contributed by atoms with Crippen LogP contribution in [0.5, 0.6) is 0 Å². The molecule has 2 aliphatic heterocycles. The van der Waals surface area contributed by atoms with E-state index in [1.807, 2.05) is 0 Å². The van der Waals surface area contributed by atoms with E-state index in [1.54, 1.807) is 41.3 Å². The molecule has 146 valence electrons. The summed E-state index contributed by atoms with van der Waals surface area (Å²) in [6.07, 6.45) is 0. The van der Waals surface area contributed by atoms with Crippen molar-refractivity contribution in [2.24, 2.45) is 0 Å². The van der Waals surface area contributed by atoms with E-state index in [2.05, 4.69) is 0 Å². The van der Waals surface area contributed by atoms with Crippen molar-refractivity contribution in [1.29, 1.82) is 0 Å². The normalized spacial score (nSPS) is 20.9. The number of anilines is 1. The number of hydrogen-bond donors (Lipinski definition) is 0. The van der Waals surface area contributed by atoms with Crippen LogP contribution in [0.4, 0.5) is 10.1 Å². The van der Waals surface area contributed by atoms with Gasteiger partial charge in [0.2, 0.25) is 5.91 Å². The average molecular weight is 421 g/mol. The number of carbonyl (C=O) groups excluding carboxylic acids is 2. The highest BCUT2D eigenvalue weighted by atomic mass is 35.5. The third-order valence-corrected chi connectivity index (χ3v) is 6.67. The number of rotatable bonds is 4. The molecule has 0 unspecified atom stereocenters. The summed E-state index contributed by atoms with van der Waals surface area (Å²) in [4.78, 5) is 28.2. The van der Waals surface area contributed by atoms with Gasteiger partial charge in [0, 0.05) is 35.6 Å². The second kappa shape index (κ2) is 7.39. The summed E-state index contributed by atoms with van der Waals surface area (Å²) in [5.41, 5.74) is 1.71. The van der Waals surface area contributed by atoms with Gasteiger partial charge in [-0.25, -0.2) is 4.39 Å². The van der Waals surface area contributed by atoms with E-state index in [0.29, 0.717) is 34.1 Å². The highest BCUT2D eigenvalue weighted by Crippen LogP contribution is 2.55. The standard InChI is InChI=1S/C20H18ClFN2O3S/c1-27-12-18(25)24-8-9-28-20(24)15-10-14(21)6-7-17(15)23(19(20)26)11-13-4-2-3-5-16(13)22/h2-7,10H,8-9,11-12H2,1H3/t20-/m0/s1. The maximum atomic E-state index is 14.2. The molecule has 2 heterocycles. The molecule has 8 heteroatoms. The summed E-state index contributed by atoms with van der Waals surface area (Å²) in [6, 6.07) is 11.5. The molecule has 2 aromatic rings. The topological polar surface area (TPSA) is 49.9 Å². The quantitative estimate of drug-likeness (QED) is 0.760. The highest BCUT2D eigenvalue weighted by Gasteiger charge is 2.59. The van der Waals surface area contributed by atoms with Crippen LogP contribution in [0.15, 0.2) is 42.5 Å². The van der Waals surface area contributed by atoms with Gasteiger partial charge < -0.3 is 14.5 Å². The maximum absolute atomic E-state index is 14.2. The van der Waals surface area contributed by atoms with Crippen molar-refractivity contribution in [2.75, 3.05) is 30.9 Å². The molecule has 4 rings (SSSR count). The lowest BCUT2D eigenvalue weighted by atomic mass is 10.1. The molecule has 0 bridgehead atoms. The summed E-state index contributed by atoms with van der Waals surface area (Å²) in [5, 5.41) is 0.477. The lowest BCUT2D eigenvalue weighted by Gasteiger charge is -2.33. The van der Waals surface area contributed by atoms with Gasteiger partial charge in [0.25, 0.3) is 5.91 Å². The molecule has 5 nitrogen and oxygen atoms in total. The number of thioether (sulfide) groups is 1. The second-order valence-corrected chi connectivity index (χ2v) is 8.34. The van der Waals surface area contributed by atoms with E-state index < -0.39 is 4.87 Å². The van der Waals surface area contributed by atoms with Crippen molar-refractivity contribution < 1.29 is 18.7 Å². The first-order valence-electron chi connectivity index (χ1n) is 8.78. The van der Waals surface area contributed by atoms with Crippen molar-refractivity contribution in [3.63, 3.8) is 0 Å². The van der Waals surface area contributed by atoms with Crippen LogP contribution >= 0.6 is 23.4 Å². The Morgan fingerprint density at radius 1 is 1.32 bits per heavy atom. The van der Waals surface area contributed by atoms with E-state index in [-0.39, 0.29) is 30.8 Å². The molecule has 0 aromatic heterocycles.